The molecular weight excluding hydrogens is 280 g/mol. The average molecular weight is 300 g/mol. The van der Waals surface area contributed by atoms with E-state index in [4.69, 9.17) is 24.1 Å². The predicted molar refractivity (Wildman–Crippen MR) is 72.6 cm³/mol. The molecule has 0 aromatic heterocycles. The number of benzene rings is 1. The molecule has 0 aliphatic carbocycles. The largest absolute Gasteiger partial charge is 0.496 e. The summed E-state index contributed by atoms with van der Waals surface area (Å²) in [4.78, 5) is 0. The number of aliphatic hydroxyl groups excluding tert-OH is 3. The highest BCUT2D eigenvalue weighted by Crippen LogP contribution is 2.30. The van der Waals surface area contributed by atoms with Crippen molar-refractivity contribution >= 4 is 0 Å². The number of hydrogen-bond acceptors (Lipinski definition) is 7. The maximum absolute atomic E-state index is 9.76. The van der Waals surface area contributed by atoms with Gasteiger partial charge in [0.15, 0.2) is 0 Å². The summed E-state index contributed by atoms with van der Waals surface area (Å²) in [6, 6.07) is 5.00. The van der Waals surface area contributed by atoms with Crippen LogP contribution in [0.5, 0.6) is 17.2 Å². The Morgan fingerprint density at radius 3 is 2.19 bits per heavy atom. The molecule has 21 heavy (non-hydrogen) atoms. The van der Waals surface area contributed by atoms with Crippen molar-refractivity contribution in [2.24, 2.45) is 0 Å². The Kier molecular flexibility index (Phi) is 5.24. The van der Waals surface area contributed by atoms with Gasteiger partial charge in [0.05, 0.1) is 26.9 Å². The first kappa shape index (κ1) is 15.8. The Bertz CT molecular complexity index is 442. The average Bonchev–Trinajstić information content (AvgIpc) is 2.50. The zero-order chi connectivity index (χ0) is 15.4. The van der Waals surface area contributed by atoms with Crippen LogP contribution in [0.1, 0.15) is 6.42 Å². The van der Waals surface area contributed by atoms with E-state index in [1.807, 2.05) is 0 Å². The first-order chi connectivity index (χ1) is 10.1. The summed E-state index contributed by atoms with van der Waals surface area (Å²) in [6.07, 6.45) is -3.72. The molecule has 2 rings (SSSR count). The lowest BCUT2D eigenvalue weighted by Crippen LogP contribution is -2.51. The number of aliphatic hydroxyl groups is 3. The fourth-order valence-electron chi connectivity index (χ4n) is 2.14. The van der Waals surface area contributed by atoms with Crippen LogP contribution in [-0.4, -0.2) is 60.7 Å². The van der Waals surface area contributed by atoms with Gasteiger partial charge in [0, 0.05) is 24.6 Å². The van der Waals surface area contributed by atoms with E-state index < -0.39 is 31.2 Å². The third-order valence-corrected chi connectivity index (χ3v) is 3.31. The highest BCUT2D eigenvalue weighted by atomic mass is 16.7. The van der Waals surface area contributed by atoms with Gasteiger partial charge in [0.1, 0.15) is 29.5 Å². The number of ether oxygens (including phenoxy) is 4. The molecule has 1 aliphatic rings. The van der Waals surface area contributed by atoms with Gasteiger partial charge in [-0.15, -0.1) is 0 Å². The Morgan fingerprint density at radius 1 is 1.10 bits per heavy atom. The van der Waals surface area contributed by atoms with Crippen LogP contribution in [0.3, 0.4) is 0 Å². The van der Waals surface area contributed by atoms with E-state index >= 15 is 0 Å². The van der Waals surface area contributed by atoms with E-state index in [-0.39, 0.29) is 6.42 Å². The van der Waals surface area contributed by atoms with Crippen molar-refractivity contribution in [2.75, 3.05) is 20.8 Å². The Labute approximate surface area is 122 Å². The van der Waals surface area contributed by atoms with Crippen LogP contribution in [0.25, 0.3) is 0 Å². The van der Waals surface area contributed by atoms with Gasteiger partial charge < -0.3 is 34.3 Å². The van der Waals surface area contributed by atoms with Crippen molar-refractivity contribution in [1.82, 2.24) is 0 Å². The van der Waals surface area contributed by atoms with Crippen LogP contribution in [0.2, 0.25) is 0 Å². The SMILES string of the molecule is COc1cc(OC)cc(OC2CC(O)C(O)C(CO)O2)c1. The molecule has 0 spiro atoms. The van der Waals surface area contributed by atoms with Gasteiger partial charge >= 0.3 is 0 Å². The van der Waals surface area contributed by atoms with Gasteiger partial charge in [0.2, 0.25) is 6.29 Å². The first-order valence-corrected chi connectivity index (χ1v) is 6.59. The van der Waals surface area contributed by atoms with Gasteiger partial charge in [-0.05, 0) is 0 Å². The van der Waals surface area contributed by atoms with Gasteiger partial charge in [-0.25, -0.2) is 0 Å². The van der Waals surface area contributed by atoms with Gasteiger partial charge in [-0.2, -0.15) is 0 Å². The summed E-state index contributed by atoms with van der Waals surface area (Å²) < 4.78 is 21.3. The molecule has 0 amide bonds. The standard InChI is InChI=1S/C14H20O7/c1-18-8-3-9(19-2)5-10(4-8)20-13-6-11(16)14(17)12(7-15)21-13/h3-5,11-17H,6-7H2,1-2H3. The quantitative estimate of drug-likeness (QED) is 0.699. The fraction of sp³-hybridized carbons (Fsp3) is 0.571. The molecule has 1 fully saturated rings. The third kappa shape index (κ3) is 3.76. The highest BCUT2D eigenvalue weighted by Gasteiger charge is 2.37. The number of methoxy groups -OCH3 is 2. The first-order valence-electron chi connectivity index (χ1n) is 6.59. The minimum Gasteiger partial charge on any atom is -0.496 e. The van der Waals surface area contributed by atoms with E-state index in [1.54, 1.807) is 18.2 Å². The molecule has 118 valence electrons. The van der Waals surface area contributed by atoms with E-state index in [1.165, 1.54) is 14.2 Å². The second-order valence-corrected chi connectivity index (χ2v) is 4.75. The second-order valence-electron chi connectivity index (χ2n) is 4.75. The Morgan fingerprint density at radius 2 is 1.67 bits per heavy atom. The summed E-state index contributed by atoms with van der Waals surface area (Å²) >= 11 is 0. The van der Waals surface area contributed by atoms with Crippen molar-refractivity contribution in [3.63, 3.8) is 0 Å². The molecule has 0 bridgehead atoms. The number of hydrogen-bond donors (Lipinski definition) is 3. The van der Waals surface area contributed by atoms with E-state index in [9.17, 15) is 10.2 Å². The fourth-order valence-corrected chi connectivity index (χ4v) is 2.14. The minimum atomic E-state index is -1.13. The summed E-state index contributed by atoms with van der Waals surface area (Å²) in [5.41, 5.74) is 0. The molecule has 1 aromatic carbocycles. The molecule has 0 radical (unpaired) electrons. The molecule has 1 heterocycles. The lowest BCUT2D eigenvalue weighted by Gasteiger charge is -2.36. The van der Waals surface area contributed by atoms with Crippen LogP contribution >= 0.6 is 0 Å². The topological polar surface area (TPSA) is 97.6 Å². The normalized spacial score (nSPS) is 29.0. The maximum atomic E-state index is 9.76. The molecule has 4 atom stereocenters. The summed E-state index contributed by atoms with van der Waals surface area (Å²) in [6.45, 7) is -0.403. The van der Waals surface area contributed by atoms with Crippen molar-refractivity contribution in [1.29, 1.82) is 0 Å². The van der Waals surface area contributed by atoms with Crippen LogP contribution in [0, 0.1) is 0 Å². The molecule has 1 saturated heterocycles. The lowest BCUT2D eigenvalue weighted by atomic mass is 10.0. The van der Waals surface area contributed by atoms with E-state index in [0.29, 0.717) is 17.2 Å². The molecular formula is C14H20O7. The third-order valence-electron chi connectivity index (χ3n) is 3.31. The molecule has 3 N–H and O–H groups in total. The second kappa shape index (κ2) is 6.95. The van der Waals surface area contributed by atoms with Gasteiger partial charge in [0.25, 0.3) is 0 Å². The Balaban J connectivity index is 2.10. The monoisotopic (exact) mass is 300 g/mol. The van der Waals surface area contributed by atoms with Crippen LogP contribution in [0.15, 0.2) is 18.2 Å². The highest BCUT2D eigenvalue weighted by molar-refractivity contribution is 5.42. The van der Waals surface area contributed by atoms with Crippen molar-refractivity contribution in [2.45, 2.75) is 31.0 Å². The molecule has 7 heteroatoms. The Hall–Kier alpha value is -1.54. The van der Waals surface area contributed by atoms with Gasteiger partial charge in [-0.1, -0.05) is 0 Å². The molecule has 1 aromatic rings. The van der Waals surface area contributed by atoms with Crippen molar-refractivity contribution < 1.29 is 34.3 Å². The van der Waals surface area contributed by atoms with E-state index in [2.05, 4.69) is 0 Å². The molecule has 0 saturated carbocycles. The van der Waals surface area contributed by atoms with Crippen molar-refractivity contribution in [3.05, 3.63) is 18.2 Å². The van der Waals surface area contributed by atoms with Crippen LogP contribution in [0.4, 0.5) is 0 Å². The number of rotatable bonds is 5. The molecule has 4 unspecified atom stereocenters. The summed E-state index contributed by atoms with van der Waals surface area (Å²) in [7, 11) is 3.05. The lowest BCUT2D eigenvalue weighted by molar-refractivity contribution is -0.229. The van der Waals surface area contributed by atoms with Crippen LogP contribution in [-0.2, 0) is 4.74 Å². The molecule has 7 nitrogen and oxygen atoms in total. The summed E-state index contributed by atoms with van der Waals surface area (Å²) in [5.74, 6) is 1.55. The van der Waals surface area contributed by atoms with Crippen LogP contribution < -0.4 is 14.2 Å². The molecule has 1 aliphatic heterocycles. The van der Waals surface area contributed by atoms with Crippen molar-refractivity contribution in [3.8, 4) is 17.2 Å². The zero-order valence-corrected chi connectivity index (χ0v) is 11.9. The van der Waals surface area contributed by atoms with Gasteiger partial charge in [-0.3, -0.25) is 0 Å². The minimum absolute atomic E-state index is 0.0944. The zero-order valence-electron chi connectivity index (χ0n) is 11.9. The smallest absolute Gasteiger partial charge is 0.202 e. The summed E-state index contributed by atoms with van der Waals surface area (Å²) in [5, 5.41) is 28.5. The van der Waals surface area contributed by atoms with E-state index in [0.717, 1.165) is 0 Å². The maximum Gasteiger partial charge on any atom is 0.202 e. The predicted octanol–water partition coefficient (Wildman–Crippen LogP) is -0.0883.